The zero-order chi connectivity index (χ0) is 28.1. The third-order valence-electron chi connectivity index (χ3n) is 9.28. The van der Waals surface area contributed by atoms with Crippen molar-refractivity contribution in [1.29, 1.82) is 0 Å². The van der Waals surface area contributed by atoms with Gasteiger partial charge in [0.1, 0.15) is 6.33 Å². The molecule has 41 heavy (non-hydrogen) atoms. The number of likely N-dealkylation sites (tertiary alicyclic amines) is 1. The summed E-state index contributed by atoms with van der Waals surface area (Å²) in [5.74, 6) is 0.984. The summed E-state index contributed by atoms with van der Waals surface area (Å²) in [4.78, 5) is 32.9. The van der Waals surface area contributed by atoms with Crippen LogP contribution >= 0.6 is 11.6 Å². The van der Waals surface area contributed by atoms with Crippen molar-refractivity contribution in [2.45, 2.75) is 69.4 Å². The first-order valence-corrected chi connectivity index (χ1v) is 15.1. The zero-order valence-corrected chi connectivity index (χ0v) is 23.8. The van der Waals surface area contributed by atoms with Gasteiger partial charge < -0.3 is 10.0 Å². The molecule has 8 nitrogen and oxygen atoms in total. The van der Waals surface area contributed by atoms with Crippen molar-refractivity contribution < 1.29 is 9.90 Å². The van der Waals surface area contributed by atoms with Crippen LogP contribution in [0.1, 0.15) is 61.1 Å². The lowest BCUT2D eigenvalue weighted by Crippen LogP contribution is -2.50. The van der Waals surface area contributed by atoms with Gasteiger partial charge in [-0.25, -0.2) is 9.50 Å². The molecular weight excluding hydrogens is 538 g/mol. The van der Waals surface area contributed by atoms with Crippen molar-refractivity contribution in [1.82, 2.24) is 24.1 Å². The summed E-state index contributed by atoms with van der Waals surface area (Å²) in [6.07, 6.45) is 9.89. The normalized spacial score (nSPS) is 18.9. The Kier molecular flexibility index (Phi) is 6.70. The van der Waals surface area contributed by atoms with Crippen LogP contribution in [0.25, 0.3) is 16.9 Å². The minimum Gasteiger partial charge on any atom is -0.388 e. The zero-order valence-electron chi connectivity index (χ0n) is 23.0. The fraction of sp³-hybridized carbons (Fsp3) is 0.438. The van der Waals surface area contributed by atoms with Gasteiger partial charge in [-0.3, -0.25) is 14.2 Å². The molecule has 212 valence electrons. The van der Waals surface area contributed by atoms with E-state index in [-0.39, 0.29) is 29.6 Å². The van der Waals surface area contributed by atoms with E-state index in [4.69, 9.17) is 11.6 Å². The Labute approximate surface area is 243 Å². The summed E-state index contributed by atoms with van der Waals surface area (Å²) in [5, 5.41) is 16.7. The highest BCUT2D eigenvalue weighted by Gasteiger charge is 2.38. The number of rotatable bonds is 7. The molecule has 7 rings (SSSR count). The van der Waals surface area contributed by atoms with Gasteiger partial charge >= 0.3 is 0 Å². The van der Waals surface area contributed by atoms with Gasteiger partial charge in [0, 0.05) is 30.1 Å². The van der Waals surface area contributed by atoms with E-state index in [1.54, 1.807) is 10.7 Å². The predicted octanol–water partition coefficient (Wildman–Crippen LogP) is 4.64. The van der Waals surface area contributed by atoms with E-state index in [0.29, 0.717) is 44.0 Å². The van der Waals surface area contributed by atoms with Crippen LogP contribution in [-0.2, 0) is 24.2 Å². The molecule has 1 amide bonds. The maximum absolute atomic E-state index is 13.4. The van der Waals surface area contributed by atoms with E-state index in [1.165, 1.54) is 40.4 Å². The first-order valence-electron chi connectivity index (χ1n) is 14.7. The number of aromatic nitrogens is 4. The van der Waals surface area contributed by atoms with Crippen molar-refractivity contribution >= 4 is 23.2 Å². The maximum Gasteiger partial charge on any atom is 0.296 e. The molecule has 4 aromatic rings. The van der Waals surface area contributed by atoms with Crippen molar-refractivity contribution in [3.05, 3.63) is 87.1 Å². The molecule has 2 fully saturated rings. The van der Waals surface area contributed by atoms with E-state index < -0.39 is 5.60 Å². The summed E-state index contributed by atoms with van der Waals surface area (Å²) in [5.41, 5.74) is 4.10. The Balaban J connectivity index is 1.04. The molecule has 2 aromatic carbocycles. The second-order valence-corrected chi connectivity index (χ2v) is 12.5. The van der Waals surface area contributed by atoms with Gasteiger partial charge in [-0.15, -0.1) is 0 Å². The quantitative estimate of drug-likeness (QED) is 0.349. The summed E-state index contributed by atoms with van der Waals surface area (Å²) >= 11 is 6.55. The third-order valence-corrected chi connectivity index (χ3v) is 9.62. The van der Waals surface area contributed by atoms with Crippen molar-refractivity contribution in [2.75, 3.05) is 13.1 Å². The van der Waals surface area contributed by atoms with Gasteiger partial charge in [-0.05, 0) is 85.6 Å². The number of fused-ring (bicyclic) bond motifs is 2. The highest BCUT2D eigenvalue weighted by atomic mass is 35.5. The van der Waals surface area contributed by atoms with Crippen molar-refractivity contribution in [2.24, 2.45) is 5.92 Å². The number of hydrogen-bond acceptors (Lipinski definition) is 5. The summed E-state index contributed by atoms with van der Waals surface area (Å²) in [6, 6.07) is 14.4. The van der Waals surface area contributed by atoms with Crippen LogP contribution in [0, 0.1) is 5.92 Å². The fourth-order valence-electron chi connectivity index (χ4n) is 6.73. The molecular formula is C32H34ClN5O3. The molecule has 1 unspecified atom stereocenters. The van der Waals surface area contributed by atoms with Gasteiger partial charge in [0.2, 0.25) is 11.6 Å². The van der Waals surface area contributed by atoms with Crippen LogP contribution in [0.15, 0.2) is 59.8 Å². The van der Waals surface area contributed by atoms with Gasteiger partial charge in [-0.2, -0.15) is 5.10 Å². The second kappa shape index (κ2) is 10.4. The lowest BCUT2D eigenvalue weighted by molar-refractivity contribution is -0.136. The van der Waals surface area contributed by atoms with Crippen LogP contribution in [0.3, 0.4) is 0 Å². The number of nitrogens with zero attached hydrogens (tertiary/aromatic N) is 5. The fourth-order valence-corrected chi connectivity index (χ4v) is 7.07. The molecule has 1 aliphatic heterocycles. The van der Waals surface area contributed by atoms with E-state index in [1.807, 2.05) is 29.2 Å². The largest absolute Gasteiger partial charge is 0.388 e. The van der Waals surface area contributed by atoms with Gasteiger partial charge in [0.15, 0.2) is 0 Å². The summed E-state index contributed by atoms with van der Waals surface area (Å²) in [6.45, 7) is 1.05. The third kappa shape index (κ3) is 5.08. The van der Waals surface area contributed by atoms with Crippen LogP contribution in [0.4, 0.5) is 0 Å². The Hall–Kier alpha value is -3.49. The number of hydrogen-bond donors (Lipinski definition) is 1. The number of halogens is 1. The molecule has 2 aromatic heterocycles. The Morgan fingerprint density at radius 1 is 1.12 bits per heavy atom. The molecule has 0 bridgehead atoms. The molecule has 1 N–H and O–H groups in total. The van der Waals surface area contributed by atoms with Crippen LogP contribution in [0.5, 0.6) is 0 Å². The molecule has 1 atom stereocenters. The minimum absolute atomic E-state index is 0.110. The first kappa shape index (κ1) is 26.4. The molecule has 3 aliphatic rings. The number of aliphatic hydroxyl groups is 1. The molecule has 0 radical (unpaired) electrons. The highest BCUT2D eigenvalue weighted by Crippen LogP contribution is 2.45. The van der Waals surface area contributed by atoms with Gasteiger partial charge in [0.05, 0.1) is 24.0 Å². The van der Waals surface area contributed by atoms with Gasteiger partial charge in [-0.1, -0.05) is 41.9 Å². The smallest absolute Gasteiger partial charge is 0.296 e. The molecule has 9 heteroatoms. The number of amides is 1. The predicted molar refractivity (Wildman–Crippen MR) is 157 cm³/mol. The SMILES string of the molecule is O=C(CC(c1ccccc1)C1CC1)N1CCC(O)(Cn2cnn3c(-c4cc(Cl)c5c(c4)CCC5)cnc3c2=O)CC1. The van der Waals surface area contributed by atoms with E-state index in [2.05, 4.69) is 28.3 Å². The molecule has 1 saturated heterocycles. The molecule has 0 spiro atoms. The second-order valence-electron chi connectivity index (χ2n) is 12.1. The number of piperidine rings is 1. The number of aryl methyl sites for hydroxylation is 1. The first-order chi connectivity index (χ1) is 19.9. The topological polar surface area (TPSA) is 92.7 Å². The van der Waals surface area contributed by atoms with E-state index in [9.17, 15) is 14.7 Å². The monoisotopic (exact) mass is 571 g/mol. The number of benzene rings is 2. The van der Waals surface area contributed by atoms with Crippen LogP contribution in [-0.4, -0.2) is 53.8 Å². The van der Waals surface area contributed by atoms with E-state index in [0.717, 1.165) is 29.8 Å². The Morgan fingerprint density at radius 2 is 1.90 bits per heavy atom. The molecule has 2 aliphatic carbocycles. The highest BCUT2D eigenvalue weighted by molar-refractivity contribution is 6.31. The Morgan fingerprint density at radius 3 is 2.66 bits per heavy atom. The lowest BCUT2D eigenvalue weighted by atomic mass is 9.88. The standard InChI is InChI=1S/C32H34ClN5O3/c33-27-16-24(15-23-7-4-8-25(23)27)28-18-34-30-31(40)37(20-35-38(28)30)19-32(41)11-13-36(14-12-32)29(39)17-26(22-9-10-22)21-5-2-1-3-6-21/h1-3,5-6,15-16,18,20,22,26,41H,4,7-14,17,19H2. The summed E-state index contributed by atoms with van der Waals surface area (Å²) in [7, 11) is 0. The maximum atomic E-state index is 13.4. The van der Waals surface area contributed by atoms with Crippen molar-refractivity contribution in [3.8, 4) is 11.3 Å². The molecule has 3 heterocycles. The average molecular weight is 572 g/mol. The number of carbonyl (C=O) groups is 1. The van der Waals surface area contributed by atoms with Gasteiger partial charge in [0.25, 0.3) is 5.56 Å². The Bertz CT molecular complexity index is 1670. The number of imidazole rings is 1. The lowest BCUT2D eigenvalue weighted by Gasteiger charge is -2.38. The van der Waals surface area contributed by atoms with Crippen LogP contribution < -0.4 is 5.56 Å². The van der Waals surface area contributed by atoms with Crippen LogP contribution in [0.2, 0.25) is 5.02 Å². The minimum atomic E-state index is -1.10. The molecule has 1 saturated carbocycles. The number of carbonyl (C=O) groups excluding carboxylic acids is 1. The summed E-state index contributed by atoms with van der Waals surface area (Å²) < 4.78 is 3.00. The van der Waals surface area contributed by atoms with E-state index >= 15 is 0 Å². The average Bonchev–Trinajstić information content (AvgIpc) is 3.53. The van der Waals surface area contributed by atoms with Crippen molar-refractivity contribution in [3.63, 3.8) is 0 Å².